The van der Waals surface area contributed by atoms with Gasteiger partial charge in [0.25, 0.3) is 0 Å². The number of aromatic nitrogens is 2. The highest BCUT2D eigenvalue weighted by atomic mass is 35.5. The first-order chi connectivity index (χ1) is 11.5. The van der Waals surface area contributed by atoms with Crippen molar-refractivity contribution in [3.63, 3.8) is 0 Å². The van der Waals surface area contributed by atoms with Crippen molar-refractivity contribution in [1.29, 1.82) is 0 Å². The predicted octanol–water partition coefficient (Wildman–Crippen LogP) is 4.20. The number of amides is 1. The summed E-state index contributed by atoms with van der Waals surface area (Å²) >= 11 is 12.1. The second-order valence-corrected chi connectivity index (χ2v) is 7.08. The molecule has 0 saturated heterocycles. The molecule has 2 aromatic rings. The van der Waals surface area contributed by atoms with E-state index in [0.29, 0.717) is 21.8 Å². The molecule has 1 fully saturated rings. The van der Waals surface area contributed by atoms with Gasteiger partial charge in [0.2, 0.25) is 11.8 Å². The lowest BCUT2D eigenvalue weighted by atomic mass is 9.80. The van der Waals surface area contributed by atoms with E-state index in [2.05, 4.69) is 15.5 Å². The van der Waals surface area contributed by atoms with Gasteiger partial charge >= 0.3 is 0 Å². The summed E-state index contributed by atoms with van der Waals surface area (Å²) in [6.07, 6.45) is 5.01. The standard InChI is InChI=1S/C17H19Cl2N3O2/c1-11-20-16(22-24-11)17(7-3-2-4-8-17)21-15(23)9-12-5-6-13(18)10-14(12)19/h5-6,10H,2-4,7-9H2,1H3,(H,21,23). The quantitative estimate of drug-likeness (QED) is 0.878. The number of aryl methyl sites for hydroxylation is 1. The van der Waals surface area contributed by atoms with Gasteiger partial charge in [0.15, 0.2) is 5.82 Å². The van der Waals surface area contributed by atoms with E-state index in [0.717, 1.165) is 37.7 Å². The number of carbonyl (C=O) groups excluding carboxylic acids is 1. The molecule has 24 heavy (non-hydrogen) atoms. The van der Waals surface area contributed by atoms with Crippen LogP contribution in [0.5, 0.6) is 0 Å². The van der Waals surface area contributed by atoms with Gasteiger partial charge in [-0.05, 0) is 30.5 Å². The molecule has 1 N–H and O–H groups in total. The van der Waals surface area contributed by atoms with Gasteiger partial charge in [-0.25, -0.2) is 0 Å². The van der Waals surface area contributed by atoms with Crippen LogP contribution in [0.3, 0.4) is 0 Å². The fraction of sp³-hybridized carbons (Fsp3) is 0.471. The van der Waals surface area contributed by atoms with E-state index in [1.807, 2.05) is 0 Å². The third kappa shape index (κ3) is 3.73. The van der Waals surface area contributed by atoms with Crippen LogP contribution >= 0.6 is 23.2 Å². The molecule has 0 bridgehead atoms. The molecule has 3 rings (SSSR count). The molecule has 1 amide bonds. The highest BCUT2D eigenvalue weighted by Crippen LogP contribution is 2.36. The highest BCUT2D eigenvalue weighted by Gasteiger charge is 2.39. The van der Waals surface area contributed by atoms with Crippen LogP contribution in [0.2, 0.25) is 10.0 Å². The van der Waals surface area contributed by atoms with E-state index in [4.69, 9.17) is 27.7 Å². The number of rotatable bonds is 4. The maximum Gasteiger partial charge on any atom is 0.225 e. The topological polar surface area (TPSA) is 68.0 Å². The van der Waals surface area contributed by atoms with Gasteiger partial charge in [-0.3, -0.25) is 4.79 Å². The monoisotopic (exact) mass is 367 g/mol. The summed E-state index contributed by atoms with van der Waals surface area (Å²) in [6.45, 7) is 1.75. The van der Waals surface area contributed by atoms with Crippen LogP contribution < -0.4 is 5.32 Å². The molecule has 1 heterocycles. The van der Waals surface area contributed by atoms with Gasteiger partial charge in [0.1, 0.15) is 5.54 Å². The van der Waals surface area contributed by atoms with Crippen molar-refractivity contribution in [3.05, 3.63) is 45.5 Å². The summed E-state index contributed by atoms with van der Waals surface area (Å²) in [5.41, 5.74) is 0.195. The number of nitrogens with one attached hydrogen (secondary N) is 1. The van der Waals surface area contributed by atoms with Crippen molar-refractivity contribution in [2.45, 2.75) is 51.0 Å². The third-order valence-corrected chi connectivity index (χ3v) is 4.99. The number of hydrogen-bond donors (Lipinski definition) is 1. The molecule has 1 saturated carbocycles. The van der Waals surface area contributed by atoms with Crippen LogP contribution in [-0.4, -0.2) is 16.0 Å². The molecule has 0 radical (unpaired) electrons. The van der Waals surface area contributed by atoms with Crippen LogP contribution in [0.15, 0.2) is 22.7 Å². The summed E-state index contributed by atoms with van der Waals surface area (Å²) in [4.78, 5) is 17.0. The van der Waals surface area contributed by atoms with E-state index < -0.39 is 5.54 Å². The fourth-order valence-corrected chi connectivity index (χ4v) is 3.68. The lowest BCUT2D eigenvalue weighted by Gasteiger charge is -2.35. The molecule has 1 aliphatic rings. The highest BCUT2D eigenvalue weighted by molar-refractivity contribution is 6.35. The maximum absolute atomic E-state index is 12.6. The van der Waals surface area contributed by atoms with Gasteiger partial charge in [0.05, 0.1) is 6.42 Å². The molecule has 0 unspecified atom stereocenters. The number of hydrogen-bond acceptors (Lipinski definition) is 4. The average molecular weight is 368 g/mol. The minimum absolute atomic E-state index is 0.108. The Kier molecular flexibility index (Phi) is 5.11. The molecule has 5 nitrogen and oxygen atoms in total. The molecule has 0 aliphatic heterocycles. The number of halogens is 2. The van der Waals surface area contributed by atoms with Gasteiger partial charge in [0, 0.05) is 17.0 Å². The van der Waals surface area contributed by atoms with Crippen LogP contribution in [0.4, 0.5) is 0 Å². The molecule has 1 aliphatic carbocycles. The number of nitrogens with zero attached hydrogens (tertiary/aromatic N) is 2. The zero-order valence-corrected chi connectivity index (χ0v) is 15.0. The number of carbonyl (C=O) groups is 1. The first-order valence-corrected chi connectivity index (χ1v) is 8.80. The van der Waals surface area contributed by atoms with E-state index in [9.17, 15) is 4.79 Å². The SMILES string of the molecule is Cc1nc(C2(NC(=O)Cc3ccc(Cl)cc3Cl)CCCCC2)no1. The minimum Gasteiger partial charge on any atom is -0.343 e. The second-order valence-electron chi connectivity index (χ2n) is 6.24. The second kappa shape index (κ2) is 7.11. The zero-order valence-electron chi connectivity index (χ0n) is 13.4. The zero-order chi connectivity index (χ0) is 17.2. The lowest BCUT2D eigenvalue weighted by Crippen LogP contribution is -2.48. The molecular formula is C17H19Cl2N3O2. The first kappa shape index (κ1) is 17.2. The predicted molar refractivity (Wildman–Crippen MR) is 92.1 cm³/mol. The summed E-state index contributed by atoms with van der Waals surface area (Å²) in [6, 6.07) is 5.15. The maximum atomic E-state index is 12.6. The largest absolute Gasteiger partial charge is 0.343 e. The van der Waals surface area contributed by atoms with Crippen molar-refractivity contribution in [2.24, 2.45) is 0 Å². The molecule has 0 atom stereocenters. The van der Waals surface area contributed by atoms with Crippen LogP contribution in [0.1, 0.15) is 49.4 Å². The summed E-state index contributed by atoms with van der Waals surface area (Å²) in [5, 5.41) is 8.24. The Hall–Kier alpha value is -1.59. The van der Waals surface area contributed by atoms with Crippen molar-refractivity contribution in [1.82, 2.24) is 15.5 Å². The Morgan fingerprint density at radius 1 is 1.29 bits per heavy atom. The van der Waals surface area contributed by atoms with Crippen LogP contribution in [0.25, 0.3) is 0 Å². The summed E-state index contributed by atoms with van der Waals surface area (Å²) in [5.74, 6) is 0.962. The molecule has 1 aromatic carbocycles. The fourth-order valence-electron chi connectivity index (χ4n) is 3.20. The van der Waals surface area contributed by atoms with Crippen molar-refractivity contribution in [2.75, 3.05) is 0 Å². The summed E-state index contributed by atoms with van der Waals surface area (Å²) < 4.78 is 5.13. The Morgan fingerprint density at radius 3 is 2.67 bits per heavy atom. The van der Waals surface area contributed by atoms with Crippen molar-refractivity contribution < 1.29 is 9.32 Å². The van der Waals surface area contributed by atoms with Gasteiger partial charge in [-0.2, -0.15) is 4.98 Å². The Labute approximate surface area is 150 Å². The van der Waals surface area contributed by atoms with E-state index >= 15 is 0 Å². The third-order valence-electron chi connectivity index (χ3n) is 4.41. The molecule has 7 heteroatoms. The lowest BCUT2D eigenvalue weighted by molar-refractivity contribution is -0.123. The summed E-state index contributed by atoms with van der Waals surface area (Å²) in [7, 11) is 0. The Morgan fingerprint density at radius 2 is 2.04 bits per heavy atom. The average Bonchev–Trinajstić information content (AvgIpc) is 2.98. The Balaban J connectivity index is 1.78. The van der Waals surface area contributed by atoms with Crippen molar-refractivity contribution in [3.8, 4) is 0 Å². The Bertz CT molecular complexity index is 739. The van der Waals surface area contributed by atoms with Crippen LogP contribution in [0, 0.1) is 6.92 Å². The van der Waals surface area contributed by atoms with E-state index in [1.165, 1.54) is 0 Å². The van der Waals surface area contributed by atoms with E-state index in [-0.39, 0.29) is 12.3 Å². The molecule has 0 spiro atoms. The molecular weight excluding hydrogens is 349 g/mol. The van der Waals surface area contributed by atoms with Gasteiger partial charge in [-0.15, -0.1) is 0 Å². The van der Waals surface area contributed by atoms with E-state index in [1.54, 1.807) is 25.1 Å². The van der Waals surface area contributed by atoms with Gasteiger partial charge < -0.3 is 9.84 Å². The first-order valence-electron chi connectivity index (χ1n) is 8.04. The normalized spacial score (nSPS) is 16.8. The van der Waals surface area contributed by atoms with Gasteiger partial charge in [-0.1, -0.05) is 53.7 Å². The minimum atomic E-state index is -0.550. The smallest absolute Gasteiger partial charge is 0.225 e. The van der Waals surface area contributed by atoms with Crippen molar-refractivity contribution >= 4 is 29.1 Å². The molecule has 1 aromatic heterocycles. The molecule has 128 valence electrons. The van der Waals surface area contributed by atoms with Crippen LogP contribution in [-0.2, 0) is 16.8 Å². The number of benzene rings is 1.